The van der Waals surface area contributed by atoms with Crippen LogP contribution in [0.1, 0.15) is 37.8 Å². The molecule has 2 aromatic carbocycles. The van der Waals surface area contributed by atoms with Gasteiger partial charge in [-0.25, -0.2) is 0 Å². The van der Waals surface area contributed by atoms with Crippen LogP contribution in [0.5, 0.6) is 0 Å². The number of hydrogen-bond acceptors (Lipinski definition) is 2. The Bertz CT molecular complexity index is 460. The molecule has 2 aromatic rings. The van der Waals surface area contributed by atoms with Crippen LogP contribution in [0, 0.1) is 0 Å². The molecule has 0 saturated carbocycles. The summed E-state index contributed by atoms with van der Waals surface area (Å²) in [7, 11) is 0. The minimum atomic E-state index is 0.133. The Morgan fingerprint density at radius 1 is 0.636 bits per heavy atom. The van der Waals surface area contributed by atoms with E-state index in [9.17, 15) is 0 Å². The first-order valence-corrected chi connectivity index (χ1v) is 8.14. The van der Waals surface area contributed by atoms with Crippen molar-refractivity contribution < 1.29 is 9.47 Å². The number of rotatable bonds is 9. The highest BCUT2D eigenvalue weighted by atomic mass is 16.5. The molecule has 0 aliphatic rings. The van der Waals surface area contributed by atoms with Crippen molar-refractivity contribution in [2.45, 2.75) is 52.1 Å². The summed E-state index contributed by atoms with van der Waals surface area (Å²) in [6.45, 7) is 5.60. The lowest BCUT2D eigenvalue weighted by Gasteiger charge is -2.26. The average molecular weight is 298 g/mol. The Morgan fingerprint density at radius 2 is 1.00 bits per heavy atom. The van der Waals surface area contributed by atoms with Crippen LogP contribution in [0.25, 0.3) is 0 Å². The second-order valence-corrected chi connectivity index (χ2v) is 5.49. The zero-order chi connectivity index (χ0) is 15.6. The number of hydrogen-bond donors (Lipinski definition) is 0. The van der Waals surface area contributed by atoms with E-state index in [1.165, 1.54) is 11.1 Å². The Balaban J connectivity index is 1.86. The smallest absolute Gasteiger partial charge is 0.0838 e. The summed E-state index contributed by atoms with van der Waals surface area (Å²) in [4.78, 5) is 0. The van der Waals surface area contributed by atoms with Gasteiger partial charge in [0.1, 0.15) is 0 Å². The Morgan fingerprint density at radius 3 is 1.32 bits per heavy atom. The highest BCUT2D eigenvalue weighted by Gasteiger charge is 2.19. The highest BCUT2D eigenvalue weighted by molar-refractivity contribution is 5.14. The molecule has 0 amide bonds. The van der Waals surface area contributed by atoms with E-state index in [4.69, 9.17) is 9.47 Å². The Kier molecular flexibility index (Phi) is 7.14. The first kappa shape index (κ1) is 16.7. The van der Waals surface area contributed by atoms with Gasteiger partial charge in [0.2, 0.25) is 0 Å². The van der Waals surface area contributed by atoms with E-state index >= 15 is 0 Å². The quantitative estimate of drug-likeness (QED) is 0.650. The summed E-state index contributed by atoms with van der Waals surface area (Å²) in [5, 5.41) is 0. The Hall–Kier alpha value is -1.64. The van der Waals surface area contributed by atoms with E-state index in [1.54, 1.807) is 0 Å². The molecule has 2 atom stereocenters. The fourth-order valence-electron chi connectivity index (χ4n) is 2.53. The van der Waals surface area contributed by atoms with Crippen LogP contribution in [0.4, 0.5) is 0 Å². The predicted molar refractivity (Wildman–Crippen MR) is 90.6 cm³/mol. The van der Waals surface area contributed by atoms with Crippen molar-refractivity contribution in [2.75, 3.05) is 0 Å². The van der Waals surface area contributed by atoms with Crippen LogP contribution in [0.3, 0.4) is 0 Å². The first-order chi connectivity index (χ1) is 10.8. The monoisotopic (exact) mass is 298 g/mol. The third kappa shape index (κ3) is 5.28. The van der Waals surface area contributed by atoms with Gasteiger partial charge in [-0.2, -0.15) is 0 Å². The number of benzene rings is 2. The van der Waals surface area contributed by atoms with Gasteiger partial charge in [0.05, 0.1) is 25.4 Å². The summed E-state index contributed by atoms with van der Waals surface area (Å²) in [6, 6.07) is 20.6. The third-order valence-corrected chi connectivity index (χ3v) is 3.83. The molecule has 0 fully saturated rings. The SMILES string of the molecule is CCC(OCc1ccccc1)C(CC)OCc1ccccc1. The lowest BCUT2D eigenvalue weighted by Crippen LogP contribution is -2.30. The van der Waals surface area contributed by atoms with Crippen LogP contribution >= 0.6 is 0 Å². The lowest BCUT2D eigenvalue weighted by molar-refractivity contribution is -0.0879. The van der Waals surface area contributed by atoms with Crippen molar-refractivity contribution in [1.82, 2.24) is 0 Å². The van der Waals surface area contributed by atoms with Gasteiger partial charge < -0.3 is 9.47 Å². The van der Waals surface area contributed by atoms with Gasteiger partial charge in [0.25, 0.3) is 0 Å². The maximum Gasteiger partial charge on any atom is 0.0838 e. The molecule has 0 aliphatic carbocycles. The van der Waals surface area contributed by atoms with E-state index in [-0.39, 0.29) is 12.2 Å². The molecule has 0 aliphatic heterocycles. The molecule has 0 bridgehead atoms. The molecule has 0 N–H and O–H groups in total. The van der Waals surface area contributed by atoms with Crippen LogP contribution < -0.4 is 0 Å². The van der Waals surface area contributed by atoms with Gasteiger partial charge >= 0.3 is 0 Å². The third-order valence-electron chi connectivity index (χ3n) is 3.83. The molecule has 22 heavy (non-hydrogen) atoms. The largest absolute Gasteiger partial charge is 0.371 e. The van der Waals surface area contributed by atoms with Crippen molar-refractivity contribution in [3.63, 3.8) is 0 Å². The van der Waals surface area contributed by atoms with E-state index in [2.05, 4.69) is 38.1 Å². The summed E-state index contributed by atoms with van der Waals surface area (Å²) < 4.78 is 12.2. The summed E-state index contributed by atoms with van der Waals surface area (Å²) >= 11 is 0. The van der Waals surface area contributed by atoms with E-state index in [0.717, 1.165) is 12.8 Å². The van der Waals surface area contributed by atoms with Crippen molar-refractivity contribution in [3.8, 4) is 0 Å². The topological polar surface area (TPSA) is 18.5 Å². The molecule has 118 valence electrons. The lowest BCUT2D eigenvalue weighted by atomic mass is 10.1. The number of ether oxygens (including phenoxy) is 2. The Labute approximate surface area is 134 Å². The minimum Gasteiger partial charge on any atom is -0.371 e. The van der Waals surface area contributed by atoms with Gasteiger partial charge in [-0.05, 0) is 24.0 Å². The van der Waals surface area contributed by atoms with Gasteiger partial charge in [-0.1, -0.05) is 74.5 Å². The molecule has 2 heteroatoms. The van der Waals surface area contributed by atoms with Crippen LogP contribution in [-0.4, -0.2) is 12.2 Å². The molecule has 0 spiro atoms. The van der Waals surface area contributed by atoms with E-state index in [0.29, 0.717) is 13.2 Å². The molecule has 2 rings (SSSR count). The van der Waals surface area contributed by atoms with Crippen molar-refractivity contribution in [3.05, 3.63) is 71.8 Å². The fraction of sp³-hybridized carbons (Fsp3) is 0.400. The van der Waals surface area contributed by atoms with Crippen molar-refractivity contribution >= 4 is 0 Å². The van der Waals surface area contributed by atoms with Gasteiger partial charge in [0.15, 0.2) is 0 Å². The molecule has 0 heterocycles. The normalized spacial score (nSPS) is 13.7. The summed E-state index contributed by atoms with van der Waals surface area (Å²) in [6.07, 6.45) is 2.18. The maximum absolute atomic E-state index is 6.09. The van der Waals surface area contributed by atoms with Crippen LogP contribution in [-0.2, 0) is 22.7 Å². The predicted octanol–water partition coefficient (Wildman–Crippen LogP) is 4.98. The second kappa shape index (κ2) is 9.39. The fourth-order valence-corrected chi connectivity index (χ4v) is 2.53. The molecule has 0 saturated heterocycles. The standard InChI is InChI=1S/C20H26O2/c1-3-19(21-15-17-11-7-5-8-12-17)20(4-2)22-16-18-13-9-6-10-14-18/h5-14,19-20H,3-4,15-16H2,1-2H3. The van der Waals surface area contributed by atoms with Crippen LogP contribution in [0.2, 0.25) is 0 Å². The van der Waals surface area contributed by atoms with Gasteiger partial charge in [-0.3, -0.25) is 0 Å². The molecule has 2 unspecified atom stereocenters. The molecule has 0 radical (unpaired) electrons. The second-order valence-electron chi connectivity index (χ2n) is 5.49. The van der Waals surface area contributed by atoms with E-state index < -0.39 is 0 Å². The molecule has 2 nitrogen and oxygen atoms in total. The summed E-state index contributed by atoms with van der Waals surface area (Å²) in [5.74, 6) is 0. The highest BCUT2D eigenvalue weighted by Crippen LogP contribution is 2.16. The minimum absolute atomic E-state index is 0.133. The van der Waals surface area contributed by atoms with Gasteiger partial charge in [0, 0.05) is 0 Å². The van der Waals surface area contributed by atoms with Crippen LogP contribution in [0.15, 0.2) is 60.7 Å². The van der Waals surface area contributed by atoms with E-state index in [1.807, 2.05) is 36.4 Å². The zero-order valence-electron chi connectivity index (χ0n) is 13.6. The van der Waals surface area contributed by atoms with Crippen molar-refractivity contribution in [2.24, 2.45) is 0 Å². The van der Waals surface area contributed by atoms with Gasteiger partial charge in [-0.15, -0.1) is 0 Å². The molecule has 0 aromatic heterocycles. The zero-order valence-corrected chi connectivity index (χ0v) is 13.6. The van der Waals surface area contributed by atoms with Crippen molar-refractivity contribution in [1.29, 1.82) is 0 Å². The molecular weight excluding hydrogens is 272 g/mol. The average Bonchev–Trinajstić information content (AvgIpc) is 2.59. The summed E-state index contributed by atoms with van der Waals surface area (Å²) in [5.41, 5.74) is 2.41. The molecular formula is C20H26O2. The first-order valence-electron chi connectivity index (χ1n) is 8.14. The maximum atomic E-state index is 6.09.